The Kier molecular flexibility index (Phi) is 5.81. The summed E-state index contributed by atoms with van der Waals surface area (Å²) >= 11 is 0. The van der Waals surface area contributed by atoms with Gasteiger partial charge in [-0.2, -0.15) is 0 Å². The van der Waals surface area contributed by atoms with E-state index in [1.807, 2.05) is 0 Å². The molecular weight excluding hydrogens is 202 g/mol. The molecule has 0 saturated carbocycles. The Morgan fingerprint density at radius 2 is 1.81 bits per heavy atom. The van der Waals surface area contributed by atoms with Gasteiger partial charge >= 0.3 is 5.97 Å². The molecule has 3 heteroatoms. The molecule has 0 aromatic carbocycles. The Morgan fingerprint density at radius 1 is 1.19 bits per heavy atom. The van der Waals surface area contributed by atoms with E-state index in [1.165, 1.54) is 19.5 Å². The SMILES string of the molecule is CC1CC(C)CN(CCCCCC(=O)O)C1. The monoisotopic (exact) mass is 227 g/mol. The van der Waals surface area contributed by atoms with Crippen molar-refractivity contribution in [3.8, 4) is 0 Å². The van der Waals surface area contributed by atoms with Crippen LogP contribution >= 0.6 is 0 Å². The van der Waals surface area contributed by atoms with Crippen LogP contribution in [0.5, 0.6) is 0 Å². The molecule has 0 amide bonds. The van der Waals surface area contributed by atoms with Gasteiger partial charge in [-0.1, -0.05) is 20.3 Å². The molecule has 94 valence electrons. The summed E-state index contributed by atoms with van der Waals surface area (Å²) in [6.07, 6.45) is 4.70. The number of hydrogen-bond acceptors (Lipinski definition) is 2. The largest absolute Gasteiger partial charge is 0.481 e. The first-order valence-corrected chi connectivity index (χ1v) is 6.52. The first kappa shape index (κ1) is 13.5. The number of rotatable bonds is 6. The van der Waals surface area contributed by atoms with Gasteiger partial charge in [-0.25, -0.2) is 0 Å². The highest BCUT2D eigenvalue weighted by molar-refractivity contribution is 5.66. The predicted octanol–water partition coefficient (Wildman–Crippen LogP) is 2.61. The van der Waals surface area contributed by atoms with Gasteiger partial charge in [-0.05, 0) is 37.6 Å². The minimum Gasteiger partial charge on any atom is -0.481 e. The van der Waals surface area contributed by atoms with E-state index in [9.17, 15) is 4.79 Å². The maximum absolute atomic E-state index is 10.3. The number of nitrogens with zero attached hydrogens (tertiary/aromatic N) is 1. The minimum absolute atomic E-state index is 0.326. The van der Waals surface area contributed by atoms with Crippen molar-refractivity contribution in [3.05, 3.63) is 0 Å². The second-order valence-electron chi connectivity index (χ2n) is 5.41. The zero-order chi connectivity index (χ0) is 12.0. The number of hydrogen-bond donors (Lipinski definition) is 1. The minimum atomic E-state index is -0.666. The number of carboxylic acids is 1. The molecule has 1 aliphatic rings. The highest BCUT2D eigenvalue weighted by atomic mass is 16.4. The second-order valence-corrected chi connectivity index (χ2v) is 5.41. The van der Waals surface area contributed by atoms with Crippen LogP contribution in [0.15, 0.2) is 0 Å². The van der Waals surface area contributed by atoms with Crippen molar-refractivity contribution >= 4 is 5.97 Å². The van der Waals surface area contributed by atoms with Gasteiger partial charge in [0.15, 0.2) is 0 Å². The smallest absolute Gasteiger partial charge is 0.303 e. The van der Waals surface area contributed by atoms with Crippen LogP contribution in [0.25, 0.3) is 0 Å². The summed E-state index contributed by atoms with van der Waals surface area (Å²) in [5, 5.41) is 8.52. The van der Waals surface area contributed by atoms with Crippen LogP contribution in [0.4, 0.5) is 0 Å². The average Bonchev–Trinajstić information content (AvgIpc) is 2.15. The van der Waals surface area contributed by atoms with E-state index >= 15 is 0 Å². The lowest BCUT2D eigenvalue weighted by atomic mass is 9.92. The second kappa shape index (κ2) is 6.89. The summed E-state index contributed by atoms with van der Waals surface area (Å²) in [7, 11) is 0. The fourth-order valence-corrected chi connectivity index (χ4v) is 2.76. The Labute approximate surface area is 98.8 Å². The molecule has 1 fully saturated rings. The number of aliphatic carboxylic acids is 1. The molecule has 1 saturated heterocycles. The zero-order valence-electron chi connectivity index (χ0n) is 10.6. The first-order chi connectivity index (χ1) is 7.58. The Balaban J connectivity index is 2.06. The van der Waals surface area contributed by atoms with Crippen molar-refractivity contribution in [2.24, 2.45) is 11.8 Å². The third-order valence-corrected chi connectivity index (χ3v) is 3.31. The molecule has 1 heterocycles. The number of carbonyl (C=O) groups is 1. The molecule has 0 bridgehead atoms. The van der Waals surface area contributed by atoms with Crippen LogP contribution in [-0.2, 0) is 4.79 Å². The lowest BCUT2D eigenvalue weighted by Gasteiger charge is -2.34. The van der Waals surface area contributed by atoms with Crippen LogP contribution in [0, 0.1) is 11.8 Å². The van der Waals surface area contributed by atoms with Gasteiger partial charge in [-0.3, -0.25) is 4.79 Å². The highest BCUT2D eigenvalue weighted by Gasteiger charge is 2.20. The number of carboxylic acid groups (broad SMARTS) is 1. The molecule has 1 N–H and O–H groups in total. The Bertz CT molecular complexity index is 208. The lowest BCUT2D eigenvalue weighted by Crippen LogP contribution is -2.39. The summed E-state index contributed by atoms with van der Waals surface area (Å²) in [5.74, 6) is 0.978. The van der Waals surface area contributed by atoms with E-state index in [0.717, 1.165) is 37.6 Å². The van der Waals surface area contributed by atoms with Crippen molar-refractivity contribution < 1.29 is 9.90 Å². The fourth-order valence-electron chi connectivity index (χ4n) is 2.76. The van der Waals surface area contributed by atoms with Crippen molar-refractivity contribution in [1.82, 2.24) is 4.90 Å². The van der Waals surface area contributed by atoms with Crippen LogP contribution in [0.3, 0.4) is 0 Å². The van der Waals surface area contributed by atoms with E-state index in [2.05, 4.69) is 18.7 Å². The van der Waals surface area contributed by atoms with Crippen molar-refractivity contribution in [2.45, 2.75) is 46.0 Å². The molecule has 1 rings (SSSR count). The number of likely N-dealkylation sites (tertiary alicyclic amines) is 1. The van der Waals surface area contributed by atoms with Crippen molar-refractivity contribution in [3.63, 3.8) is 0 Å². The Morgan fingerprint density at radius 3 is 2.38 bits per heavy atom. The molecular formula is C13H25NO2. The fraction of sp³-hybridized carbons (Fsp3) is 0.923. The summed E-state index contributed by atoms with van der Waals surface area (Å²) in [4.78, 5) is 12.9. The van der Waals surface area contributed by atoms with E-state index in [1.54, 1.807) is 0 Å². The molecule has 16 heavy (non-hydrogen) atoms. The van der Waals surface area contributed by atoms with Gasteiger partial charge in [-0.15, -0.1) is 0 Å². The highest BCUT2D eigenvalue weighted by Crippen LogP contribution is 2.21. The van der Waals surface area contributed by atoms with Gasteiger partial charge in [0.2, 0.25) is 0 Å². The van der Waals surface area contributed by atoms with Gasteiger partial charge in [0, 0.05) is 19.5 Å². The first-order valence-electron chi connectivity index (χ1n) is 6.52. The van der Waals surface area contributed by atoms with Crippen LogP contribution in [0.2, 0.25) is 0 Å². The molecule has 0 aromatic rings. The maximum Gasteiger partial charge on any atom is 0.303 e. The summed E-state index contributed by atoms with van der Waals surface area (Å²) in [6, 6.07) is 0. The summed E-state index contributed by atoms with van der Waals surface area (Å²) in [5.41, 5.74) is 0. The average molecular weight is 227 g/mol. The van der Waals surface area contributed by atoms with Crippen molar-refractivity contribution in [2.75, 3.05) is 19.6 Å². The van der Waals surface area contributed by atoms with Crippen molar-refractivity contribution in [1.29, 1.82) is 0 Å². The quantitative estimate of drug-likeness (QED) is 0.709. The van der Waals surface area contributed by atoms with E-state index in [0.29, 0.717) is 6.42 Å². The number of piperidine rings is 1. The van der Waals surface area contributed by atoms with E-state index in [-0.39, 0.29) is 0 Å². The molecule has 0 spiro atoms. The van der Waals surface area contributed by atoms with Crippen LogP contribution < -0.4 is 0 Å². The van der Waals surface area contributed by atoms with E-state index in [4.69, 9.17) is 5.11 Å². The molecule has 2 unspecified atom stereocenters. The standard InChI is InChI=1S/C13H25NO2/c1-11-8-12(2)10-14(9-11)7-5-3-4-6-13(15)16/h11-12H,3-10H2,1-2H3,(H,15,16). The zero-order valence-corrected chi connectivity index (χ0v) is 10.6. The topological polar surface area (TPSA) is 40.5 Å². The van der Waals surface area contributed by atoms with Gasteiger partial charge in [0.05, 0.1) is 0 Å². The van der Waals surface area contributed by atoms with Gasteiger partial charge in [0.1, 0.15) is 0 Å². The third-order valence-electron chi connectivity index (χ3n) is 3.31. The third kappa shape index (κ3) is 5.50. The molecule has 3 nitrogen and oxygen atoms in total. The summed E-state index contributed by atoms with van der Waals surface area (Å²) in [6.45, 7) is 8.25. The number of unbranched alkanes of at least 4 members (excludes halogenated alkanes) is 2. The lowest BCUT2D eigenvalue weighted by molar-refractivity contribution is -0.137. The van der Waals surface area contributed by atoms with Gasteiger partial charge < -0.3 is 10.0 Å². The molecule has 2 atom stereocenters. The molecule has 1 aliphatic heterocycles. The summed E-state index contributed by atoms with van der Waals surface area (Å²) < 4.78 is 0. The molecule has 0 radical (unpaired) electrons. The van der Waals surface area contributed by atoms with Crippen LogP contribution in [0.1, 0.15) is 46.0 Å². The normalized spacial score (nSPS) is 26.9. The van der Waals surface area contributed by atoms with E-state index < -0.39 is 5.97 Å². The van der Waals surface area contributed by atoms with Crippen LogP contribution in [-0.4, -0.2) is 35.6 Å². The maximum atomic E-state index is 10.3. The molecule has 0 aliphatic carbocycles. The molecule has 0 aromatic heterocycles. The predicted molar refractivity (Wildman–Crippen MR) is 65.5 cm³/mol. The Hall–Kier alpha value is -0.570. The van der Waals surface area contributed by atoms with Gasteiger partial charge in [0.25, 0.3) is 0 Å².